The lowest BCUT2D eigenvalue weighted by molar-refractivity contribution is -0.114. The molecule has 1 rings (SSSR count). The fraction of sp³-hybridized carbons (Fsp3) is 0. The van der Waals surface area contributed by atoms with Gasteiger partial charge in [0, 0.05) is 5.47 Å². The molecule has 0 aromatic carbocycles. The predicted octanol–water partition coefficient (Wildman–Crippen LogP) is -1.37. The maximum absolute atomic E-state index is 10.8. The van der Waals surface area contributed by atoms with E-state index in [1.54, 1.807) is 0 Å². The molecule has 0 aromatic heterocycles. The summed E-state index contributed by atoms with van der Waals surface area (Å²) < 4.78 is 0. The fourth-order valence-electron chi connectivity index (χ4n) is 0.728. The van der Waals surface area contributed by atoms with Gasteiger partial charge in [0.25, 0.3) is 0 Å². The Hall–Kier alpha value is -1.20. The van der Waals surface area contributed by atoms with Gasteiger partial charge in [-0.2, -0.15) is 0 Å². The van der Waals surface area contributed by atoms with Crippen LogP contribution in [0.15, 0.2) is 23.7 Å². The van der Waals surface area contributed by atoms with Crippen molar-refractivity contribution in [2.24, 2.45) is 0 Å². The van der Waals surface area contributed by atoms with Gasteiger partial charge >= 0.3 is 7.12 Å². The first-order chi connectivity index (χ1) is 5.11. The smallest absolute Gasteiger partial charge is 0.423 e. The van der Waals surface area contributed by atoms with Crippen LogP contribution in [0, 0.1) is 0 Å². The molecule has 11 heavy (non-hydrogen) atoms. The molecular weight excluding hydrogens is 147 g/mol. The standard InChI is InChI=1S/C6H5BO4/c8-4-1-2-6(9)5(3-4)7(10)11/h1-3,10-11H. The van der Waals surface area contributed by atoms with Crippen molar-refractivity contribution in [2.45, 2.75) is 0 Å². The minimum Gasteiger partial charge on any atom is -0.423 e. The first-order valence-electron chi connectivity index (χ1n) is 2.95. The Morgan fingerprint density at radius 1 is 1.18 bits per heavy atom. The normalized spacial score (nSPS) is 16.7. The average molecular weight is 152 g/mol. The van der Waals surface area contributed by atoms with Crippen LogP contribution in [0.4, 0.5) is 0 Å². The van der Waals surface area contributed by atoms with Crippen LogP contribution in [0.1, 0.15) is 0 Å². The quantitative estimate of drug-likeness (QED) is 0.359. The van der Waals surface area contributed by atoms with Crippen LogP contribution in [0.5, 0.6) is 0 Å². The second-order valence-electron chi connectivity index (χ2n) is 2.07. The maximum Gasteiger partial charge on any atom is 0.492 e. The second kappa shape index (κ2) is 2.81. The molecule has 0 saturated carbocycles. The van der Waals surface area contributed by atoms with Crippen molar-refractivity contribution >= 4 is 18.7 Å². The lowest BCUT2D eigenvalue weighted by Gasteiger charge is -2.03. The van der Waals surface area contributed by atoms with Gasteiger partial charge in [0.15, 0.2) is 11.6 Å². The molecule has 1 aliphatic rings. The van der Waals surface area contributed by atoms with E-state index in [1.165, 1.54) is 0 Å². The summed E-state index contributed by atoms with van der Waals surface area (Å²) in [6.07, 6.45) is 3.00. The molecule has 2 N–H and O–H groups in total. The molecule has 0 saturated heterocycles. The molecule has 0 amide bonds. The average Bonchev–Trinajstić information content (AvgIpc) is 1.94. The Bertz CT molecular complexity index is 264. The Balaban J connectivity index is 2.94. The molecule has 56 valence electrons. The summed E-state index contributed by atoms with van der Waals surface area (Å²) >= 11 is 0. The monoisotopic (exact) mass is 152 g/mol. The highest BCUT2D eigenvalue weighted by Crippen LogP contribution is 2.05. The van der Waals surface area contributed by atoms with Crippen molar-refractivity contribution in [3.8, 4) is 0 Å². The minimum absolute atomic E-state index is 0.280. The Morgan fingerprint density at radius 2 is 1.82 bits per heavy atom. The van der Waals surface area contributed by atoms with Gasteiger partial charge < -0.3 is 10.0 Å². The van der Waals surface area contributed by atoms with Gasteiger partial charge in [0.2, 0.25) is 0 Å². The van der Waals surface area contributed by atoms with E-state index >= 15 is 0 Å². The van der Waals surface area contributed by atoms with Crippen LogP contribution in [0.25, 0.3) is 0 Å². The SMILES string of the molecule is O=C1C=CC(=O)C(B(O)O)=C1. The Kier molecular flexibility index (Phi) is 2.02. The molecular formula is C6H5BO4. The number of ketones is 2. The first kappa shape index (κ1) is 7.91. The summed E-state index contributed by atoms with van der Waals surface area (Å²) in [6, 6.07) is 0. The van der Waals surface area contributed by atoms with E-state index in [2.05, 4.69) is 0 Å². The predicted molar refractivity (Wildman–Crippen MR) is 37.4 cm³/mol. The van der Waals surface area contributed by atoms with E-state index in [1.807, 2.05) is 0 Å². The molecule has 0 aliphatic heterocycles. The minimum atomic E-state index is -1.86. The van der Waals surface area contributed by atoms with Crippen LogP contribution in [0.3, 0.4) is 0 Å². The molecule has 0 radical (unpaired) electrons. The summed E-state index contributed by atoms with van der Waals surface area (Å²) in [6.45, 7) is 0. The van der Waals surface area contributed by atoms with Crippen LogP contribution in [0.2, 0.25) is 0 Å². The molecule has 0 atom stereocenters. The Labute approximate surface area is 63.0 Å². The van der Waals surface area contributed by atoms with Gasteiger partial charge in [-0.15, -0.1) is 0 Å². The van der Waals surface area contributed by atoms with Crippen LogP contribution >= 0.6 is 0 Å². The molecule has 0 fully saturated rings. The first-order valence-corrected chi connectivity index (χ1v) is 2.95. The molecule has 0 unspecified atom stereocenters. The third-order valence-electron chi connectivity index (χ3n) is 1.26. The van der Waals surface area contributed by atoms with Crippen LogP contribution in [-0.2, 0) is 9.59 Å². The number of hydrogen-bond acceptors (Lipinski definition) is 4. The summed E-state index contributed by atoms with van der Waals surface area (Å²) in [5.74, 6) is -0.952. The van der Waals surface area contributed by atoms with E-state index < -0.39 is 18.7 Å². The number of allylic oxidation sites excluding steroid dienone is 4. The zero-order chi connectivity index (χ0) is 8.43. The van der Waals surface area contributed by atoms with Crippen molar-refractivity contribution in [1.29, 1.82) is 0 Å². The van der Waals surface area contributed by atoms with Crippen molar-refractivity contribution in [3.05, 3.63) is 23.7 Å². The van der Waals surface area contributed by atoms with Crippen molar-refractivity contribution in [2.75, 3.05) is 0 Å². The van der Waals surface area contributed by atoms with E-state index in [0.717, 1.165) is 18.2 Å². The van der Waals surface area contributed by atoms with Crippen molar-refractivity contribution in [1.82, 2.24) is 0 Å². The van der Waals surface area contributed by atoms with E-state index in [9.17, 15) is 9.59 Å². The molecule has 4 nitrogen and oxygen atoms in total. The highest BCUT2D eigenvalue weighted by Gasteiger charge is 2.23. The van der Waals surface area contributed by atoms with Crippen LogP contribution in [-0.4, -0.2) is 28.7 Å². The maximum atomic E-state index is 10.8. The largest absolute Gasteiger partial charge is 0.492 e. The van der Waals surface area contributed by atoms with Crippen molar-refractivity contribution in [3.63, 3.8) is 0 Å². The molecule has 0 heterocycles. The number of rotatable bonds is 1. The molecule has 0 spiro atoms. The summed E-state index contributed by atoms with van der Waals surface area (Å²) in [5.41, 5.74) is -0.280. The van der Waals surface area contributed by atoms with E-state index in [-0.39, 0.29) is 5.47 Å². The van der Waals surface area contributed by atoms with Gasteiger partial charge in [-0.25, -0.2) is 0 Å². The summed E-state index contributed by atoms with van der Waals surface area (Å²) in [7, 11) is -1.86. The third kappa shape index (κ3) is 1.63. The third-order valence-corrected chi connectivity index (χ3v) is 1.26. The molecule has 1 aliphatic carbocycles. The zero-order valence-electron chi connectivity index (χ0n) is 5.52. The van der Waals surface area contributed by atoms with Gasteiger partial charge in [-0.1, -0.05) is 0 Å². The molecule has 5 heteroatoms. The van der Waals surface area contributed by atoms with Crippen molar-refractivity contribution < 1.29 is 19.6 Å². The van der Waals surface area contributed by atoms with Gasteiger partial charge in [0.05, 0.1) is 0 Å². The lowest BCUT2D eigenvalue weighted by Crippen LogP contribution is -2.24. The number of carbonyl (C=O) groups is 2. The zero-order valence-corrected chi connectivity index (χ0v) is 5.52. The van der Waals surface area contributed by atoms with E-state index in [0.29, 0.717) is 0 Å². The molecule has 0 aromatic rings. The summed E-state index contributed by atoms with van der Waals surface area (Å²) in [4.78, 5) is 21.3. The lowest BCUT2D eigenvalue weighted by atomic mass is 9.74. The molecule has 0 bridgehead atoms. The highest BCUT2D eigenvalue weighted by atomic mass is 16.4. The fourth-order valence-corrected chi connectivity index (χ4v) is 0.728. The summed E-state index contributed by atoms with van der Waals surface area (Å²) in [5, 5.41) is 17.1. The second-order valence-corrected chi connectivity index (χ2v) is 2.07. The van der Waals surface area contributed by atoms with E-state index in [4.69, 9.17) is 10.0 Å². The van der Waals surface area contributed by atoms with Gasteiger partial charge in [-0.3, -0.25) is 9.59 Å². The van der Waals surface area contributed by atoms with Gasteiger partial charge in [0.1, 0.15) is 0 Å². The Morgan fingerprint density at radius 3 is 2.27 bits per heavy atom. The number of hydrogen-bond donors (Lipinski definition) is 2. The highest BCUT2D eigenvalue weighted by molar-refractivity contribution is 6.61. The number of carbonyl (C=O) groups excluding carboxylic acids is 2. The van der Waals surface area contributed by atoms with Crippen LogP contribution < -0.4 is 0 Å². The van der Waals surface area contributed by atoms with Gasteiger partial charge in [-0.05, 0) is 18.2 Å². The topological polar surface area (TPSA) is 74.6 Å².